The molecule has 2 rings (SSSR count). The molecule has 0 radical (unpaired) electrons. The monoisotopic (exact) mass is 251 g/mol. The van der Waals surface area contributed by atoms with Gasteiger partial charge in [0.15, 0.2) is 0 Å². The van der Waals surface area contributed by atoms with E-state index in [1.807, 2.05) is 18.2 Å². The number of phenols is 1. The molecule has 0 bridgehead atoms. The molecule has 2 nitrogen and oxygen atoms in total. The van der Waals surface area contributed by atoms with E-state index >= 15 is 0 Å². The van der Waals surface area contributed by atoms with Gasteiger partial charge in [-0.2, -0.15) is 0 Å². The Kier molecular flexibility index (Phi) is 2.80. The fraction of sp³-hybridized carbons (Fsp3) is 0. The number of phenolic OH excluding ortho intramolecular Hbond substituents is 1. The molecule has 1 aromatic carbocycles. The number of aromatic hydroxyl groups is 1. The topological polar surface area (TPSA) is 33.1 Å². The summed E-state index contributed by atoms with van der Waals surface area (Å²) < 4.78 is 0. The molecule has 0 unspecified atom stereocenters. The van der Waals surface area contributed by atoms with Crippen LogP contribution in [0.25, 0.3) is 10.9 Å². The van der Waals surface area contributed by atoms with E-state index in [4.69, 9.17) is 0 Å². The van der Waals surface area contributed by atoms with E-state index in [0.717, 1.165) is 5.39 Å². The minimum atomic E-state index is 0. The fourth-order valence-corrected chi connectivity index (χ4v) is 1.09. The number of nitrogens with zero attached hydrogens (tertiary/aromatic N) is 1. The Morgan fingerprint density at radius 3 is 2.58 bits per heavy atom. The van der Waals surface area contributed by atoms with Gasteiger partial charge in [0.25, 0.3) is 0 Å². The van der Waals surface area contributed by atoms with Gasteiger partial charge in [-0.15, -0.1) is 0 Å². The molecule has 3 heteroatoms. The first kappa shape index (κ1) is 9.18. The van der Waals surface area contributed by atoms with Crippen LogP contribution in [-0.4, -0.2) is 10.1 Å². The molecule has 0 aliphatic rings. The smallest absolute Gasteiger partial charge is 0.141 e. The van der Waals surface area contributed by atoms with Crippen LogP contribution in [0.2, 0.25) is 0 Å². The Bertz CT molecular complexity index is 384. The van der Waals surface area contributed by atoms with Crippen molar-refractivity contribution in [3.8, 4) is 5.75 Å². The van der Waals surface area contributed by atoms with Gasteiger partial charge in [0, 0.05) is 32.0 Å². The first-order valence-electron chi connectivity index (χ1n) is 3.40. The van der Waals surface area contributed by atoms with E-state index in [-0.39, 0.29) is 26.2 Å². The van der Waals surface area contributed by atoms with Gasteiger partial charge in [-0.25, -0.2) is 0 Å². The minimum absolute atomic E-state index is 0. The van der Waals surface area contributed by atoms with Crippen molar-refractivity contribution in [2.24, 2.45) is 0 Å². The summed E-state index contributed by atoms with van der Waals surface area (Å²) in [6.07, 6.45) is 1.67. The molecule has 1 aromatic heterocycles. The van der Waals surface area contributed by atoms with Gasteiger partial charge in [0.2, 0.25) is 0 Å². The fourth-order valence-electron chi connectivity index (χ4n) is 1.09. The average molecular weight is 252 g/mol. The predicted octanol–water partition coefficient (Wildman–Crippen LogP) is 1.94. The van der Waals surface area contributed by atoms with Crippen molar-refractivity contribution in [3.05, 3.63) is 36.5 Å². The minimum Gasteiger partial charge on any atom is -0.506 e. The van der Waals surface area contributed by atoms with Crippen LogP contribution in [0, 0.1) is 0 Å². The van der Waals surface area contributed by atoms with E-state index in [1.54, 1.807) is 18.3 Å². The van der Waals surface area contributed by atoms with Gasteiger partial charge < -0.3 is 5.11 Å². The zero-order valence-corrected chi connectivity index (χ0v) is 7.73. The number of hydrogen-bond donors (Lipinski definition) is 1. The molecular weight excluding hydrogens is 245 g/mol. The number of fused-ring (bicyclic) bond motifs is 1. The first-order chi connectivity index (χ1) is 5.38. The van der Waals surface area contributed by atoms with Gasteiger partial charge in [-0.05, 0) is 12.1 Å². The summed E-state index contributed by atoms with van der Waals surface area (Å²) in [7, 11) is 0. The number of aromatic nitrogens is 1. The predicted molar refractivity (Wildman–Crippen MR) is 43.4 cm³/mol. The zero-order chi connectivity index (χ0) is 7.68. The molecule has 2 aromatic rings. The molecule has 0 amide bonds. The van der Waals surface area contributed by atoms with Crippen LogP contribution in [0.1, 0.15) is 0 Å². The molecule has 0 saturated carbocycles. The third kappa shape index (κ3) is 1.47. The van der Waals surface area contributed by atoms with Crippen molar-refractivity contribution in [2.75, 3.05) is 0 Å². The summed E-state index contributed by atoms with van der Waals surface area (Å²) in [6, 6.07) is 9.13. The number of hydrogen-bond acceptors (Lipinski definition) is 2. The molecule has 0 fully saturated rings. The van der Waals surface area contributed by atoms with Crippen molar-refractivity contribution in [2.45, 2.75) is 0 Å². The van der Waals surface area contributed by atoms with Crippen molar-refractivity contribution in [1.29, 1.82) is 0 Å². The van der Waals surface area contributed by atoms with Crippen LogP contribution >= 0.6 is 0 Å². The molecule has 1 N–H and O–H groups in total. The SMILES string of the molecule is Oc1cccc2cccnc12.[Pd]. The van der Waals surface area contributed by atoms with Gasteiger partial charge in [0.1, 0.15) is 11.3 Å². The number of rotatable bonds is 0. The second-order valence-corrected chi connectivity index (χ2v) is 2.35. The first-order valence-corrected chi connectivity index (χ1v) is 3.40. The van der Waals surface area contributed by atoms with Crippen molar-refractivity contribution in [1.82, 2.24) is 4.98 Å². The summed E-state index contributed by atoms with van der Waals surface area (Å²) in [5, 5.41) is 10.3. The van der Waals surface area contributed by atoms with Crippen LogP contribution in [0.3, 0.4) is 0 Å². The standard InChI is InChI=1S/C9H7NO.Pd/c11-8-5-1-3-7-4-2-6-10-9(7)8;/h1-6,11H;. The molecule has 0 saturated heterocycles. The largest absolute Gasteiger partial charge is 0.506 e. The van der Waals surface area contributed by atoms with Crippen molar-refractivity contribution < 1.29 is 25.5 Å². The van der Waals surface area contributed by atoms with Gasteiger partial charge >= 0.3 is 0 Å². The Morgan fingerprint density at radius 1 is 1.08 bits per heavy atom. The van der Waals surface area contributed by atoms with Gasteiger partial charge in [-0.1, -0.05) is 18.2 Å². The van der Waals surface area contributed by atoms with Crippen molar-refractivity contribution >= 4 is 10.9 Å². The summed E-state index contributed by atoms with van der Waals surface area (Å²) in [6.45, 7) is 0. The summed E-state index contributed by atoms with van der Waals surface area (Å²) >= 11 is 0. The number of para-hydroxylation sites is 1. The summed E-state index contributed by atoms with van der Waals surface area (Å²) in [5.74, 6) is 0.239. The molecular formula is C9H7NOPd. The third-order valence-electron chi connectivity index (χ3n) is 1.61. The van der Waals surface area contributed by atoms with E-state index in [9.17, 15) is 5.11 Å². The van der Waals surface area contributed by atoms with E-state index in [0.29, 0.717) is 5.52 Å². The summed E-state index contributed by atoms with van der Waals surface area (Å²) in [5.41, 5.74) is 0.662. The maximum absolute atomic E-state index is 9.31. The Morgan fingerprint density at radius 2 is 1.83 bits per heavy atom. The van der Waals surface area contributed by atoms with Crippen LogP contribution in [0.15, 0.2) is 36.5 Å². The Hall–Kier alpha value is -0.908. The molecule has 0 atom stereocenters. The van der Waals surface area contributed by atoms with E-state index in [1.165, 1.54) is 0 Å². The quantitative estimate of drug-likeness (QED) is 0.726. The second-order valence-electron chi connectivity index (χ2n) is 2.35. The summed E-state index contributed by atoms with van der Waals surface area (Å²) in [4.78, 5) is 4.03. The molecule has 1 heterocycles. The Labute approximate surface area is 83.9 Å². The average Bonchev–Trinajstić information content (AvgIpc) is 2.06. The maximum atomic E-state index is 9.31. The molecule has 12 heavy (non-hydrogen) atoms. The number of benzene rings is 1. The second kappa shape index (κ2) is 3.66. The molecule has 0 spiro atoms. The van der Waals surface area contributed by atoms with Crippen LogP contribution in [0.4, 0.5) is 0 Å². The normalized spacial score (nSPS) is 9.33. The Balaban J connectivity index is 0.000000720. The van der Waals surface area contributed by atoms with Gasteiger partial charge in [0.05, 0.1) is 0 Å². The van der Waals surface area contributed by atoms with Crippen molar-refractivity contribution in [3.63, 3.8) is 0 Å². The van der Waals surface area contributed by atoms with E-state index < -0.39 is 0 Å². The molecule has 0 aliphatic carbocycles. The number of pyridine rings is 1. The van der Waals surface area contributed by atoms with Crippen LogP contribution in [-0.2, 0) is 20.4 Å². The molecule has 0 aliphatic heterocycles. The van der Waals surface area contributed by atoms with E-state index in [2.05, 4.69) is 4.98 Å². The van der Waals surface area contributed by atoms with Gasteiger partial charge in [-0.3, -0.25) is 4.98 Å². The maximum Gasteiger partial charge on any atom is 0.141 e. The van der Waals surface area contributed by atoms with Crippen LogP contribution < -0.4 is 0 Å². The third-order valence-corrected chi connectivity index (χ3v) is 1.61. The zero-order valence-electron chi connectivity index (χ0n) is 6.17. The van der Waals surface area contributed by atoms with Crippen LogP contribution in [0.5, 0.6) is 5.75 Å². The molecule has 64 valence electrons.